The van der Waals surface area contributed by atoms with Gasteiger partial charge in [0.25, 0.3) is 5.91 Å². The highest BCUT2D eigenvalue weighted by Crippen LogP contribution is 2.26. The third kappa shape index (κ3) is 4.11. The second-order valence-corrected chi connectivity index (χ2v) is 9.23. The molecule has 0 saturated heterocycles. The van der Waals surface area contributed by atoms with Crippen molar-refractivity contribution in [2.75, 3.05) is 0 Å². The topological polar surface area (TPSA) is 72.2 Å². The number of carbonyl (C=O) groups is 1. The lowest BCUT2D eigenvalue weighted by Crippen LogP contribution is -2.23. The number of hydrogen-bond donors (Lipinski definition) is 1. The van der Waals surface area contributed by atoms with Crippen LogP contribution < -0.4 is 5.32 Å². The molecule has 30 heavy (non-hydrogen) atoms. The molecule has 0 aliphatic rings. The number of rotatable bonds is 5. The molecular weight excluding hydrogens is 394 g/mol. The van der Waals surface area contributed by atoms with Crippen LogP contribution in [0.4, 0.5) is 0 Å². The summed E-state index contributed by atoms with van der Waals surface area (Å²) < 4.78 is 1.80. The number of hydrogen-bond acceptors (Lipinski definition) is 5. The predicted molar refractivity (Wildman–Crippen MR) is 120 cm³/mol. The van der Waals surface area contributed by atoms with E-state index in [1.165, 1.54) is 16.9 Å². The maximum atomic E-state index is 12.5. The number of benzene rings is 2. The quantitative estimate of drug-likeness (QED) is 0.511. The van der Waals surface area contributed by atoms with Crippen molar-refractivity contribution in [2.45, 2.75) is 46.1 Å². The van der Waals surface area contributed by atoms with Gasteiger partial charge in [-0.05, 0) is 28.7 Å². The second kappa shape index (κ2) is 7.99. The van der Waals surface area contributed by atoms with Gasteiger partial charge in [0.1, 0.15) is 5.01 Å². The molecule has 0 aliphatic heterocycles. The van der Waals surface area contributed by atoms with E-state index < -0.39 is 0 Å². The number of nitrogens with one attached hydrogen (secondary N) is 1. The van der Waals surface area contributed by atoms with Gasteiger partial charge in [-0.3, -0.25) is 4.79 Å². The molecule has 1 amide bonds. The van der Waals surface area contributed by atoms with Crippen LogP contribution in [0.1, 0.15) is 55.0 Å². The molecule has 2 aromatic heterocycles. The molecule has 2 aromatic carbocycles. The third-order valence-corrected chi connectivity index (χ3v) is 5.99. The summed E-state index contributed by atoms with van der Waals surface area (Å²) >= 11 is 1.52. The first-order valence-electron chi connectivity index (χ1n) is 10.0. The largest absolute Gasteiger partial charge is 0.348 e. The SMILES string of the molecule is CCc1nnc2sc(-c3ccc(CNC(=O)c4ccc(C(C)(C)C)cc4)cc3)nn12. The zero-order valence-corrected chi connectivity index (χ0v) is 18.5. The van der Waals surface area contributed by atoms with Crippen molar-refractivity contribution in [3.8, 4) is 10.6 Å². The molecule has 1 N–H and O–H groups in total. The molecule has 7 heteroatoms. The lowest BCUT2D eigenvalue weighted by Gasteiger charge is -2.19. The highest BCUT2D eigenvalue weighted by molar-refractivity contribution is 7.19. The number of nitrogens with zero attached hydrogens (tertiary/aromatic N) is 4. The fourth-order valence-corrected chi connectivity index (χ4v) is 4.03. The number of carbonyl (C=O) groups excluding carboxylic acids is 1. The van der Waals surface area contributed by atoms with Gasteiger partial charge in [0.05, 0.1) is 0 Å². The Hall–Kier alpha value is -3.06. The summed E-state index contributed by atoms with van der Waals surface area (Å²) in [7, 11) is 0. The van der Waals surface area contributed by atoms with Gasteiger partial charge in [-0.1, -0.05) is 75.4 Å². The summed E-state index contributed by atoms with van der Waals surface area (Å²) in [5, 5.41) is 16.8. The fourth-order valence-electron chi connectivity index (χ4n) is 3.17. The van der Waals surface area contributed by atoms with E-state index >= 15 is 0 Å². The van der Waals surface area contributed by atoms with E-state index in [9.17, 15) is 4.79 Å². The highest BCUT2D eigenvalue weighted by atomic mass is 32.1. The van der Waals surface area contributed by atoms with Gasteiger partial charge in [-0.2, -0.15) is 9.61 Å². The molecule has 0 spiro atoms. The van der Waals surface area contributed by atoms with Crippen molar-refractivity contribution in [1.82, 2.24) is 25.1 Å². The summed E-state index contributed by atoms with van der Waals surface area (Å²) in [5.74, 6) is 0.794. The molecular formula is C23H25N5OS. The van der Waals surface area contributed by atoms with Crippen LogP contribution in [0.2, 0.25) is 0 Å². The van der Waals surface area contributed by atoms with Gasteiger partial charge in [0, 0.05) is 24.1 Å². The predicted octanol–water partition coefficient (Wildman–Crippen LogP) is 4.64. The van der Waals surface area contributed by atoms with E-state index in [0.29, 0.717) is 12.1 Å². The molecule has 2 heterocycles. The van der Waals surface area contributed by atoms with E-state index in [0.717, 1.165) is 33.3 Å². The molecule has 6 nitrogen and oxygen atoms in total. The fraction of sp³-hybridized carbons (Fsp3) is 0.304. The van der Waals surface area contributed by atoms with Gasteiger partial charge in [0.15, 0.2) is 5.82 Å². The standard InChI is InChI=1S/C23H25N5OS/c1-5-19-25-26-22-28(19)27-21(30-22)17-8-6-15(7-9-17)14-24-20(29)16-10-12-18(13-11-16)23(2,3)4/h6-13H,5,14H2,1-4H3,(H,24,29). The maximum Gasteiger partial charge on any atom is 0.251 e. The van der Waals surface area contributed by atoms with Gasteiger partial charge >= 0.3 is 0 Å². The molecule has 4 aromatic rings. The van der Waals surface area contributed by atoms with Crippen LogP contribution in [-0.4, -0.2) is 25.7 Å². The summed E-state index contributed by atoms with van der Waals surface area (Å²) in [6.07, 6.45) is 0.794. The Morgan fingerprint density at radius 3 is 2.37 bits per heavy atom. The van der Waals surface area contributed by atoms with Crippen LogP contribution in [0.25, 0.3) is 15.5 Å². The molecule has 0 fully saturated rings. The van der Waals surface area contributed by atoms with Crippen molar-refractivity contribution in [1.29, 1.82) is 0 Å². The third-order valence-electron chi connectivity index (χ3n) is 5.04. The van der Waals surface area contributed by atoms with Crippen LogP contribution in [0.15, 0.2) is 48.5 Å². The minimum atomic E-state index is -0.0692. The minimum absolute atomic E-state index is 0.0692. The van der Waals surface area contributed by atoms with Crippen molar-refractivity contribution >= 4 is 22.2 Å². The molecule has 4 rings (SSSR count). The van der Waals surface area contributed by atoms with Crippen LogP contribution in [0.5, 0.6) is 0 Å². The van der Waals surface area contributed by atoms with E-state index in [1.807, 2.05) is 55.5 Å². The average Bonchev–Trinajstić information content (AvgIpc) is 3.32. The van der Waals surface area contributed by atoms with Crippen LogP contribution in [0.3, 0.4) is 0 Å². The molecule has 154 valence electrons. The first kappa shape index (κ1) is 20.2. The first-order chi connectivity index (χ1) is 14.3. The lowest BCUT2D eigenvalue weighted by atomic mass is 9.87. The van der Waals surface area contributed by atoms with Crippen LogP contribution in [0, 0.1) is 0 Å². The number of fused-ring (bicyclic) bond motifs is 1. The van der Waals surface area contributed by atoms with Crippen LogP contribution in [-0.2, 0) is 18.4 Å². The van der Waals surface area contributed by atoms with Crippen molar-refractivity contribution in [3.63, 3.8) is 0 Å². The van der Waals surface area contributed by atoms with Crippen molar-refractivity contribution in [3.05, 3.63) is 71.0 Å². The van der Waals surface area contributed by atoms with Gasteiger partial charge in [-0.15, -0.1) is 10.2 Å². The van der Waals surface area contributed by atoms with Gasteiger partial charge < -0.3 is 5.32 Å². The Labute approximate surface area is 180 Å². The van der Waals surface area contributed by atoms with E-state index in [-0.39, 0.29) is 11.3 Å². The zero-order chi connectivity index (χ0) is 21.3. The maximum absolute atomic E-state index is 12.5. The monoisotopic (exact) mass is 419 g/mol. The Morgan fingerprint density at radius 1 is 1.03 bits per heavy atom. The number of aryl methyl sites for hydroxylation is 1. The molecule has 0 bridgehead atoms. The summed E-state index contributed by atoms with van der Waals surface area (Å²) in [5.41, 5.74) is 4.03. The Morgan fingerprint density at radius 2 is 1.73 bits per heavy atom. The molecule has 0 saturated carbocycles. The normalized spacial score (nSPS) is 11.7. The van der Waals surface area contributed by atoms with Gasteiger partial charge in [-0.25, -0.2) is 0 Å². The summed E-state index contributed by atoms with van der Waals surface area (Å²) in [6, 6.07) is 15.9. The van der Waals surface area contributed by atoms with Crippen LogP contribution >= 0.6 is 11.3 Å². The molecule has 0 unspecified atom stereocenters. The van der Waals surface area contributed by atoms with Gasteiger partial charge in [0.2, 0.25) is 4.96 Å². The summed E-state index contributed by atoms with van der Waals surface area (Å²) in [4.78, 5) is 13.3. The van der Waals surface area contributed by atoms with E-state index in [1.54, 1.807) is 4.52 Å². The molecule has 0 aliphatic carbocycles. The zero-order valence-electron chi connectivity index (χ0n) is 17.6. The molecule has 0 atom stereocenters. The van der Waals surface area contributed by atoms with Crippen molar-refractivity contribution in [2.24, 2.45) is 0 Å². The molecule has 0 radical (unpaired) electrons. The first-order valence-corrected chi connectivity index (χ1v) is 10.9. The number of amides is 1. The Kier molecular flexibility index (Phi) is 5.39. The highest BCUT2D eigenvalue weighted by Gasteiger charge is 2.15. The Bertz CT molecular complexity index is 1170. The summed E-state index contributed by atoms with van der Waals surface area (Å²) in [6.45, 7) is 9.00. The lowest BCUT2D eigenvalue weighted by molar-refractivity contribution is 0.0951. The Balaban J connectivity index is 1.40. The smallest absolute Gasteiger partial charge is 0.251 e. The second-order valence-electron chi connectivity index (χ2n) is 8.28. The van der Waals surface area contributed by atoms with E-state index in [4.69, 9.17) is 0 Å². The number of aromatic nitrogens is 4. The average molecular weight is 420 g/mol. The minimum Gasteiger partial charge on any atom is -0.348 e. The van der Waals surface area contributed by atoms with E-state index in [2.05, 4.69) is 41.4 Å². The van der Waals surface area contributed by atoms with Crippen molar-refractivity contribution < 1.29 is 4.79 Å².